The number of para-hydroxylation sites is 1. The summed E-state index contributed by atoms with van der Waals surface area (Å²) < 4.78 is 1.86. The Morgan fingerprint density at radius 3 is 2.37 bits per heavy atom. The summed E-state index contributed by atoms with van der Waals surface area (Å²) in [5.41, 5.74) is 4.86. The smallest absolute Gasteiger partial charge is 0.266 e. The van der Waals surface area contributed by atoms with Gasteiger partial charge in [0.25, 0.3) is 5.91 Å². The van der Waals surface area contributed by atoms with Gasteiger partial charge < -0.3 is 5.32 Å². The molecule has 0 fully saturated rings. The monoisotopic (exact) mass is 438 g/mol. The number of carbonyl (C=O) groups excluding carboxylic acids is 1. The van der Waals surface area contributed by atoms with Gasteiger partial charge in [0.1, 0.15) is 11.6 Å². The maximum absolute atomic E-state index is 12.7. The van der Waals surface area contributed by atoms with Gasteiger partial charge in [0.05, 0.1) is 28.0 Å². The minimum atomic E-state index is -0.586. The van der Waals surface area contributed by atoms with Gasteiger partial charge in [-0.3, -0.25) is 9.48 Å². The first-order chi connectivity index (χ1) is 14.3. The summed E-state index contributed by atoms with van der Waals surface area (Å²) in [6.45, 7) is 6.41. The number of benzene rings is 2. The Morgan fingerprint density at radius 2 is 1.77 bits per heavy atom. The fourth-order valence-corrected chi connectivity index (χ4v) is 3.52. The predicted octanol–water partition coefficient (Wildman–Crippen LogP) is 5.71. The lowest BCUT2D eigenvalue weighted by molar-refractivity contribution is -0.112. The van der Waals surface area contributed by atoms with Crippen molar-refractivity contribution >= 4 is 40.9 Å². The van der Waals surface area contributed by atoms with Crippen LogP contribution >= 0.6 is 23.2 Å². The summed E-state index contributed by atoms with van der Waals surface area (Å²) in [5, 5.41) is 17.3. The topological polar surface area (TPSA) is 70.7 Å². The Bertz CT molecular complexity index is 1150. The zero-order valence-electron chi connectivity index (χ0n) is 16.8. The van der Waals surface area contributed by atoms with E-state index in [1.807, 2.05) is 31.5 Å². The molecule has 0 aliphatic carbocycles. The molecule has 2 aromatic carbocycles. The van der Waals surface area contributed by atoms with Crippen LogP contribution in [-0.2, 0) is 11.3 Å². The molecule has 1 amide bonds. The van der Waals surface area contributed by atoms with E-state index in [1.54, 1.807) is 24.3 Å². The Labute approximate surface area is 185 Å². The average Bonchev–Trinajstić information content (AvgIpc) is 2.97. The Kier molecular flexibility index (Phi) is 6.61. The number of carbonyl (C=O) groups is 1. The van der Waals surface area contributed by atoms with E-state index in [0.29, 0.717) is 16.6 Å². The number of nitrogens with one attached hydrogen (secondary N) is 1. The molecule has 0 aliphatic heterocycles. The fourth-order valence-electron chi connectivity index (χ4n) is 3.03. The number of aryl methyl sites for hydroxylation is 2. The predicted molar refractivity (Wildman–Crippen MR) is 121 cm³/mol. The SMILES string of the molecule is Cc1ccc(Cn2nc(C)c(/C=C(\C#N)C(=O)Nc3c(Cl)cccc3Cl)c2C)cc1. The standard InChI is InChI=1S/C23H20Cl2N4O/c1-14-7-9-17(10-8-14)13-29-16(3)19(15(2)28-29)11-18(12-26)23(30)27-22-20(24)5-4-6-21(22)25/h4-11H,13H2,1-3H3,(H,27,30)/b18-11+. The molecule has 0 unspecified atom stereocenters. The lowest BCUT2D eigenvalue weighted by atomic mass is 10.1. The second kappa shape index (κ2) is 9.17. The zero-order valence-corrected chi connectivity index (χ0v) is 18.3. The van der Waals surface area contributed by atoms with Crippen LogP contribution in [0, 0.1) is 32.1 Å². The second-order valence-electron chi connectivity index (χ2n) is 6.95. The molecule has 0 spiro atoms. The third kappa shape index (κ3) is 4.73. The minimum Gasteiger partial charge on any atom is -0.319 e. The van der Waals surface area contributed by atoms with Crippen molar-refractivity contribution < 1.29 is 4.79 Å². The molecule has 152 valence electrons. The maximum atomic E-state index is 12.7. The Morgan fingerprint density at radius 1 is 1.13 bits per heavy atom. The van der Waals surface area contributed by atoms with Crippen molar-refractivity contribution in [1.29, 1.82) is 5.26 Å². The summed E-state index contributed by atoms with van der Waals surface area (Å²) in [6.07, 6.45) is 1.55. The zero-order chi connectivity index (χ0) is 21.8. The van der Waals surface area contributed by atoms with Gasteiger partial charge >= 0.3 is 0 Å². The molecule has 0 atom stereocenters. The van der Waals surface area contributed by atoms with Crippen LogP contribution in [-0.4, -0.2) is 15.7 Å². The molecule has 3 aromatic rings. The molecular formula is C23H20Cl2N4O. The number of hydrogen-bond acceptors (Lipinski definition) is 3. The third-order valence-corrected chi connectivity index (χ3v) is 5.38. The van der Waals surface area contributed by atoms with E-state index in [0.717, 1.165) is 22.5 Å². The molecule has 0 saturated heterocycles. The number of aromatic nitrogens is 2. The van der Waals surface area contributed by atoms with Gasteiger partial charge in [0, 0.05) is 11.3 Å². The largest absolute Gasteiger partial charge is 0.319 e. The van der Waals surface area contributed by atoms with Crippen molar-refractivity contribution in [1.82, 2.24) is 9.78 Å². The van der Waals surface area contributed by atoms with E-state index in [4.69, 9.17) is 23.2 Å². The van der Waals surface area contributed by atoms with E-state index in [9.17, 15) is 10.1 Å². The highest BCUT2D eigenvalue weighted by Crippen LogP contribution is 2.30. The quantitative estimate of drug-likeness (QED) is 0.409. The Balaban J connectivity index is 1.88. The average molecular weight is 439 g/mol. The van der Waals surface area contributed by atoms with E-state index in [2.05, 4.69) is 34.7 Å². The normalized spacial score (nSPS) is 11.3. The number of hydrogen-bond donors (Lipinski definition) is 1. The first kappa shape index (κ1) is 21.6. The van der Waals surface area contributed by atoms with Crippen molar-refractivity contribution in [2.75, 3.05) is 5.32 Å². The summed E-state index contributed by atoms with van der Waals surface area (Å²) in [5.74, 6) is -0.586. The lowest BCUT2D eigenvalue weighted by Crippen LogP contribution is -2.14. The van der Waals surface area contributed by atoms with Gasteiger partial charge in [0.2, 0.25) is 0 Å². The number of anilines is 1. The fraction of sp³-hybridized carbons (Fsp3) is 0.174. The molecule has 1 N–H and O–H groups in total. The van der Waals surface area contributed by atoms with Gasteiger partial charge in [0.15, 0.2) is 0 Å². The summed E-state index contributed by atoms with van der Waals surface area (Å²) in [7, 11) is 0. The van der Waals surface area contributed by atoms with E-state index in [1.165, 1.54) is 5.56 Å². The molecule has 0 radical (unpaired) electrons. The van der Waals surface area contributed by atoms with Gasteiger partial charge in [-0.25, -0.2) is 0 Å². The van der Waals surface area contributed by atoms with Crippen LogP contribution in [0.5, 0.6) is 0 Å². The lowest BCUT2D eigenvalue weighted by Gasteiger charge is -2.08. The number of nitrogens with zero attached hydrogens (tertiary/aromatic N) is 3. The van der Waals surface area contributed by atoms with Crippen molar-refractivity contribution in [3.63, 3.8) is 0 Å². The van der Waals surface area contributed by atoms with Crippen molar-refractivity contribution in [2.24, 2.45) is 0 Å². The number of nitriles is 1. The number of halogens is 2. The molecule has 30 heavy (non-hydrogen) atoms. The highest BCUT2D eigenvalue weighted by molar-refractivity contribution is 6.40. The van der Waals surface area contributed by atoms with Crippen LogP contribution in [0.2, 0.25) is 10.0 Å². The molecule has 0 saturated carbocycles. The number of amides is 1. The van der Waals surface area contributed by atoms with Crippen LogP contribution in [0.25, 0.3) is 6.08 Å². The summed E-state index contributed by atoms with van der Waals surface area (Å²) in [6, 6.07) is 15.1. The third-order valence-electron chi connectivity index (χ3n) is 4.75. The van der Waals surface area contributed by atoms with Crippen LogP contribution in [0.15, 0.2) is 48.0 Å². The summed E-state index contributed by atoms with van der Waals surface area (Å²) >= 11 is 12.2. The van der Waals surface area contributed by atoms with Crippen molar-refractivity contribution in [2.45, 2.75) is 27.3 Å². The van der Waals surface area contributed by atoms with Gasteiger partial charge in [-0.2, -0.15) is 10.4 Å². The molecule has 1 aromatic heterocycles. The van der Waals surface area contributed by atoms with E-state index < -0.39 is 5.91 Å². The highest BCUT2D eigenvalue weighted by atomic mass is 35.5. The summed E-state index contributed by atoms with van der Waals surface area (Å²) in [4.78, 5) is 12.7. The molecule has 7 heteroatoms. The van der Waals surface area contributed by atoms with Crippen molar-refractivity contribution in [3.05, 3.63) is 86.2 Å². The van der Waals surface area contributed by atoms with Gasteiger partial charge in [-0.1, -0.05) is 59.1 Å². The first-order valence-corrected chi connectivity index (χ1v) is 10.0. The maximum Gasteiger partial charge on any atom is 0.266 e. The van der Waals surface area contributed by atoms with Crippen LogP contribution in [0.1, 0.15) is 28.1 Å². The number of rotatable bonds is 5. The highest BCUT2D eigenvalue weighted by Gasteiger charge is 2.17. The van der Waals surface area contributed by atoms with Crippen LogP contribution in [0.3, 0.4) is 0 Å². The molecule has 3 rings (SSSR count). The Hall–Kier alpha value is -3.07. The van der Waals surface area contributed by atoms with Crippen molar-refractivity contribution in [3.8, 4) is 6.07 Å². The molecule has 0 aliphatic rings. The van der Waals surface area contributed by atoms with Crippen LogP contribution < -0.4 is 5.32 Å². The first-order valence-electron chi connectivity index (χ1n) is 9.27. The van der Waals surface area contributed by atoms with Crippen LogP contribution in [0.4, 0.5) is 5.69 Å². The minimum absolute atomic E-state index is 0.0629. The van der Waals surface area contributed by atoms with Gasteiger partial charge in [-0.15, -0.1) is 0 Å². The van der Waals surface area contributed by atoms with Gasteiger partial charge in [-0.05, 0) is 44.5 Å². The molecular weight excluding hydrogens is 419 g/mol. The molecule has 0 bridgehead atoms. The second-order valence-corrected chi connectivity index (χ2v) is 7.76. The molecule has 1 heterocycles. The van der Waals surface area contributed by atoms with E-state index >= 15 is 0 Å². The molecule has 5 nitrogen and oxygen atoms in total. The van der Waals surface area contributed by atoms with E-state index in [-0.39, 0.29) is 11.3 Å².